The smallest absolute Gasteiger partial charge is 0.251 e. The van der Waals surface area contributed by atoms with E-state index < -0.39 is 10.0 Å². The van der Waals surface area contributed by atoms with E-state index in [4.69, 9.17) is 0 Å². The Hall–Kier alpha value is -1.70. The van der Waals surface area contributed by atoms with Crippen LogP contribution in [0.1, 0.15) is 49.0 Å². The molecule has 5 nitrogen and oxygen atoms in total. The van der Waals surface area contributed by atoms with E-state index >= 15 is 0 Å². The van der Waals surface area contributed by atoms with Gasteiger partial charge in [-0.15, -0.1) is 0 Å². The predicted molar refractivity (Wildman–Crippen MR) is 130 cm³/mol. The maximum atomic E-state index is 13.2. The largest absolute Gasteiger partial charge is 0.352 e. The summed E-state index contributed by atoms with van der Waals surface area (Å²) >= 11 is 3.36. The van der Waals surface area contributed by atoms with Crippen LogP contribution in [0.3, 0.4) is 0 Å². The molecule has 1 amide bonds. The quantitative estimate of drug-likeness (QED) is 0.556. The van der Waals surface area contributed by atoms with Crippen LogP contribution in [0.15, 0.2) is 57.9 Å². The lowest BCUT2D eigenvalue weighted by atomic mass is 9.47. The second kappa shape index (κ2) is 8.92. The van der Waals surface area contributed by atoms with Crippen molar-refractivity contribution in [3.05, 3.63) is 64.1 Å². The molecule has 2 aromatic rings. The van der Waals surface area contributed by atoms with E-state index in [1.165, 1.54) is 16.8 Å². The Morgan fingerprint density at radius 2 is 1.75 bits per heavy atom. The van der Waals surface area contributed by atoms with Gasteiger partial charge in [0.05, 0.1) is 4.90 Å². The molecule has 172 valence electrons. The highest BCUT2D eigenvalue weighted by Crippen LogP contribution is 2.60. The summed E-state index contributed by atoms with van der Waals surface area (Å²) in [4.78, 5) is 12.9. The normalized spacial score (nSPS) is 24.1. The van der Waals surface area contributed by atoms with Crippen molar-refractivity contribution in [2.24, 2.45) is 23.2 Å². The third-order valence-electron chi connectivity index (χ3n) is 7.59. The molecule has 7 heteroatoms. The molecule has 32 heavy (non-hydrogen) atoms. The van der Waals surface area contributed by atoms with Crippen LogP contribution in [0.4, 0.5) is 0 Å². The standard InChI is InChI=1S/C25H31BrN2O3S/c1-25(2)20-11-18(12-21(25)14-20)15-27-24(29)19-9-10-22(26)23(13-19)32(30,31)28(3)16-17-7-5-4-6-8-17/h4-10,13,18,20-21H,11-12,14-16H2,1-3H3,(H,27,29)/t18-,20+,21-. The Bertz CT molecular complexity index is 1090. The Balaban J connectivity index is 1.43. The Kier molecular flexibility index (Phi) is 6.54. The van der Waals surface area contributed by atoms with Crippen LogP contribution < -0.4 is 5.32 Å². The SMILES string of the molecule is CN(Cc1ccccc1)S(=O)(=O)c1cc(C(=O)NC[C@H]2C[C@@H]3C[C@H](C2)C3(C)C)ccc1Br. The third-order valence-corrected chi connectivity index (χ3v) is 10.4. The van der Waals surface area contributed by atoms with Gasteiger partial charge in [0.1, 0.15) is 0 Å². The average Bonchev–Trinajstić information content (AvgIpc) is 2.78. The molecule has 5 rings (SSSR count). The number of nitrogens with zero attached hydrogens (tertiary/aromatic N) is 1. The van der Waals surface area contributed by atoms with Gasteiger partial charge in [-0.05, 0) is 82.1 Å². The molecule has 0 unspecified atom stereocenters. The zero-order valence-electron chi connectivity index (χ0n) is 18.8. The molecular formula is C25H31BrN2O3S. The molecule has 2 aromatic carbocycles. The summed E-state index contributed by atoms with van der Waals surface area (Å²) in [6, 6.07) is 14.2. The van der Waals surface area contributed by atoms with Gasteiger partial charge in [-0.2, -0.15) is 4.31 Å². The average molecular weight is 520 g/mol. The number of hydrogen-bond donors (Lipinski definition) is 1. The maximum Gasteiger partial charge on any atom is 0.251 e. The molecule has 3 saturated carbocycles. The molecule has 0 saturated heterocycles. The Morgan fingerprint density at radius 3 is 2.38 bits per heavy atom. The number of rotatable bonds is 7. The molecule has 1 N–H and O–H groups in total. The van der Waals surface area contributed by atoms with Gasteiger partial charge in [0.2, 0.25) is 10.0 Å². The lowest BCUT2D eigenvalue weighted by Gasteiger charge is -2.59. The molecule has 0 aromatic heterocycles. The Morgan fingerprint density at radius 1 is 1.09 bits per heavy atom. The van der Waals surface area contributed by atoms with E-state index in [0.29, 0.717) is 27.9 Å². The van der Waals surface area contributed by atoms with Crippen molar-refractivity contribution in [3.8, 4) is 0 Å². The molecule has 3 atom stereocenters. The summed E-state index contributed by atoms with van der Waals surface area (Å²) in [6.45, 7) is 5.62. The highest BCUT2D eigenvalue weighted by molar-refractivity contribution is 9.10. The van der Waals surface area contributed by atoms with Gasteiger partial charge >= 0.3 is 0 Å². The predicted octanol–water partition coefficient (Wildman–Crippen LogP) is 5.07. The minimum absolute atomic E-state index is 0.101. The van der Waals surface area contributed by atoms with Gasteiger partial charge in [-0.3, -0.25) is 4.79 Å². The highest BCUT2D eigenvalue weighted by atomic mass is 79.9. The fourth-order valence-electron chi connectivity index (χ4n) is 5.27. The molecule has 3 aliphatic rings. The van der Waals surface area contributed by atoms with E-state index in [1.54, 1.807) is 19.2 Å². The van der Waals surface area contributed by atoms with Crippen LogP contribution in [-0.4, -0.2) is 32.2 Å². The second-order valence-corrected chi connectivity index (χ2v) is 12.8. The van der Waals surface area contributed by atoms with Crippen LogP contribution in [0.25, 0.3) is 0 Å². The van der Waals surface area contributed by atoms with E-state index in [9.17, 15) is 13.2 Å². The van der Waals surface area contributed by atoms with Crippen molar-refractivity contribution in [1.82, 2.24) is 9.62 Å². The van der Waals surface area contributed by atoms with Crippen LogP contribution in [0.5, 0.6) is 0 Å². The molecule has 0 aliphatic heterocycles. The molecular weight excluding hydrogens is 488 g/mol. The first-order valence-electron chi connectivity index (χ1n) is 11.2. The van der Waals surface area contributed by atoms with E-state index in [0.717, 1.165) is 30.2 Å². The van der Waals surface area contributed by atoms with Gasteiger partial charge in [-0.25, -0.2) is 8.42 Å². The topological polar surface area (TPSA) is 66.5 Å². The summed E-state index contributed by atoms with van der Waals surface area (Å²) in [5.74, 6) is 1.80. The summed E-state index contributed by atoms with van der Waals surface area (Å²) in [5, 5.41) is 3.04. The monoisotopic (exact) mass is 518 g/mol. The summed E-state index contributed by atoms with van der Waals surface area (Å²) in [6.07, 6.45) is 3.64. The first-order valence-corrected chi connectivity index (χ1v) is 13.4. The molecule has 3 fully saturated rings. The number of halogens is 1. The van der Waals surface area contributed by atoms with Crippen molar-refractivity contribution >= 4 is 31.9 Å². The zero-order chi connectivity index (χ0) is 23.1. The summed E-state index contributed by atoms with van der Waals surface area (Å²) < 4.78 is 28.2. The minimum Gasteiger partial charge on any atom is -0.352 e. The minimum atomic E-state index is -3.77. The maximum absolute atomic E-state index is 13.2. The molecule has 3 aliphatic carbocycles. The molecule has 0 heterocycles. The summed E-state index contributed by atoms with van der Waals surface area (Å²) in [7, 11) is -2.21. The lowest BCUT2D eigenvalue weighted by Crippen LogP contribution is -2.52. The lowest BCUT2D eigenvalue weighted by molar-refractivity contribution is -0.0887. The highest BCUT2D eigenvalue weighted by Gasteiger charge is 2.52. The van der Waals surface area contributed by atoms with Crippen molar-refractivity contribution < 1.29 is 13.2 Å². The van der Waals surface area contributed by atoms with Gasteiger partial charge in [0, 0.05) is 30.2 Å². The number of hydrogen-bond acceptors (Lipinski definition) is 3. The number of amides is 1. The van der Waals surface area contributed by atoms with Crippen LogP contribution in [0.2, 0.25) is 0 Å². The van der Waals surface area contributed by atoms with E-state index in [1.807, 2.05) is 30.3 Å². The first kappa shape index (κ1) is 23.5. The Labute approximate surface area is 199 Å². The second-order valence-electron chi connectivity index (χ2n) is 9.89. The van der Waals surface area contributed by atoms with Crippen molar-refractivity contribution in [2.75, 3.05) is 13.6 Å². The number of sulfonamides is 1. The fourth-order valence-corrected chi connectivity index (χ4v) is 7.37. The van der Waals surface area contributed by atoms with Gasteiger partial charge in [-0.1, -0.05) is 44.2 Å². The van der Waals surface area contributed by atoms with Gasteiger partial charge < -0.3 is 5.32 Å². The summed E-state index contributed by atoms with van der Waals surface area (Å²) in [5.41, 5.74) is 1.71. The third kappa shape index (κ3) is 4.52. The zero-order valence-corrected chi connectivity index (χ0v) is 21.2. The van der Waals surface area contributed by atoms with Crippen LogP contribution in [0, 0.1) is 23.2 Å². The fraction of sp³-hybridized carbons (Fsp3) is 0.480. The van der Waals surface area contributed by atoms with Crippen LogP contribution in [-0.2, 0) is 16.6 Å². The van der Waals surface area contributed by atoms with Crippen molar-refractivity contribution in [1.29, 1.82) is 0 Å². The first-order chi connectivity index (χ1) is 15.1. The van der Waals surface area contributed by atoms with Crippen molar-refractivity contribution in [3.63, 3.8) is 0 Å². The van der Waals surface area contributed by atoms with Crippen LogP contribution >= 0.6 is 15.9 Å². The number of benzene rings is 2. The number of carbonyl (C=O) groups excluding carboxylic acids is 1. The molecule has 0 spiro atoms. The molecule has 0 radical (unpaired) electrons. The number of carbonyl (C=O) groups is 1. The van der Waals surface area contributed by atoms with Crippen molar-refractivity contribution in [2.45, 2.75) is 44.6 Å². The number of nitrogens with one attached hydrogen (secondary N) is 1. The van der Waals surface area contributed by atoms with E-state index in [2.05, 4.69) is 35.1 Å². The van der Waals surface area contributed by atoms with Gasteiger partial charge in [0.25, 0.3) is 5.91 Å². The van der Waals surface area contributed by atoms with E-state index in [-0.39, 0.29) is 17.3 Å². The number of fused-ring (bicyclic) bond motifs is 2. The molecule has 2 bridgehead atoms. The van der Waals surface area contributed by atoms with Gasteiger partial charge in [0.15, 0.2) is 0 Å².